The van der Waals surface area contributed by atoms with Gasteiger partial charge in [-0.1, -0.05) is 67.6 Å². The zero-order valence-corrected chi connectivity index (χ0v) is 16.4. The Hall–Kier alpha value is -0.760. The van der Waals surface area contributed by atoms with Crippen molar-refractivity contribution in [2.75, 3.05) is 0 Å². The van der Waals surface area contributed by atoms with Crippen molar-refractivity contribution < 1.29 is 9.59 Å². The summed E-state index contributed by atoms with van der Waals surface area (Å²) in [5, 5.41) is 0. The molecule has 0 aliphatic carbocycles. The van der Waals surface area contributed by atoms with E-state index < -0.39 is 5.41 Å². The highest BCUT2D eigenvalue weighted by atomic mass is 127. The summed E-state index contributed by atoms with van der Waals surface area (Å²) in [5.74, 6) is 0.110. The normalized spacial score (nSPS) is 12.7. The number of carbonyl (C=O) groups excluding carboxylic acids is 2. The van der Waals surface area contributed by atoms with Gasteiger partial charge in [0, 0.05) is 45.2 Å². The molecule has 0 N–H and O–H groups in total. The molecule has 0 spiro atoms. The lowest BCUT2D eigenvalue weighted by atomic mass is 9.75. The molecule has 1 unspecified atom stereocenters. The average molecular weight is 518 g/mol. The zero-order chi connectivity index (χ0) is 16.2. The topological polar surface area (TPSA) is 34.1 Å². The van der Waals surface area contributed by atoms with Crippen LogP contribution in [0.1, 0.15) is 30.4 Å². The molecule has 22 heavy (non-hydrogen) atoms. The van der Waals surface area contributed by atoms with Gasteiger partial charge < -0.3 is 0 Å². The highest BCUT2D eigenvalue weighted by molar-refractivity contribution is 14.1. The van der Waals surface area contributed by atoms with Crippen molar-refractivity contribution in [1.29, 1.82) is 0 Å². The largest absolute Gasteiger partial charge is 0.286 e. The van der Waals surface area contributed by atoms with E-state index in [1.807, 2.05) is 60.7 Å². The summed E-state index contributed by atoms with van der Waals surface area (Å²) < 4.78 is -0.253. The Labute approximate surface area is 158 Å². The number of carbonyl (C=O) groups is 2. The van der Waals surface area contributed by atoms with Gasteiger partial charge in [0.25, 0.3) is 0 Å². The standard InChI is InChI=1S/C18H16I2O2/c1-13(14-8-4-2-5-9-14)12-18(16(19)21,17(20)22)15-10-6-3-7-11-15/h2-11,13H,12H2,1H3. The zero-order valence-electron chi connectivity index (χ0n) is 12.1. The fourth-order valence-corrected chi connectivity index (χ4v) is 4.73. The van der Waals surface area contributed by atoms with Crippen molar-refractivity contribution in [3.8, 4) is 0 Å². The van der Waals surface area contributed by atoms with Crippen molar-refractivity contribution in [3.05, 3.63) is 71.8 Å². The molecule has 4 heteroatoms. The van der Waals surface area contributed by atoms with E-state index in [2.05, 4.69) is 6.92 Å². The molecule has 0 heterocycles. The first kappa shape index (κ1) is 17.6. The minimum absolute atomic E-state index is 0.110. The molecule has 1 atom stereocenters. The maximum atomic E-state index is 12.4. The van der Waals surface area contributed by atoms with Crippen molar-refractivity contribution in [2.45, 2.75) is 24.7 Å². The Morgan fingerprint density at radius 3 is 1.82 bits per heavy atom. The molecule has 0 amide bonds. The Balaban J connectivity index is 2.46. The summed E-state index contributed by atoms with van der Waals surface area (Å²) in [6.07, 6.45) is 0.477. The molecule has 0 bridgehead atoms. The Morgan fingerprint density at radius 1 is 0.909 bits per heavy atom. The lowest BCUT2D eigenvalue weighted by Gasteiger charge is -2.30. The smallest absolute Gasteiger partial charge is 0.211 e. The van der Waals surface area contributed by atoms with Crippen LogP contribution >= 0.6 is 45.2 Å². The molecule has 0 saturated carbocycles. The summed E-state index contributed by atoms with van der Waals surface area (Å²) in [5.41, 5.74) is 0.826. The summed E-state index contributed by atoms with van der Waals surface area (Å²) in [4.78, 5) is 24.9. The predicted octanol–water partition coefficient (Wildman–Crippen LogP) is 5.04. The molecule has 0 aromatic heterocycles. The fraction of sp³-hybridized carbons (Fsp3) is 0.222. The maximum absolute atomic E-state index is 12.4. The van der Waals surface area contributed by atoms with Gasteiger partial charge in [-0.25, -0.2) is 0 Å². The van der Waals surface area contributed by atoms with Gasteiger partial charge in [-0.15, -0.1) is 0 Å². The van der Waals surface area contributed by atoms with Crippen LogP contribution in [0.15, 0.2) is 60.7 Å². The third-order valence-electron chi connectivity index (χ3n) is 3.92. The minimum atomic E-state index is -1.09. The monoisotopic (exact) mass is 518 g/mol. The molecular weight excluding hydrogens is 502 g/mol. The summed E-state index contributed by atoms with van der Waals surface area (Å²) in [7, 11) is 0. The lowest BCUT2D eigenvalue weighted by Crippen LogP contribution is -2.39. The Kier molecular flexibility index (Phi) is 6.14. The SMILES string of the molecule is CC(CC(C(=O)I)(C(=O)I)c1ccccc1)c1ccccc1. The van der Waals surface area contributed by atoms with Crippen molar-refractivity contribution in [1.82, 2.24) is 0 Å². The molecule has 2 rings (SSSR count). The van der Waals surface area contributed by atoms with Crippen LogP contribution in [0.3, 0.4) is 0 Å². The number of hydrogen-bond donors (Lipinski definition) is 0. The highest BCUT2D eigenvalue weighted by Gasteiger charge is 2.45. The average Bonchev–Trinajstić information content (AvgIpc) is 2.53. The number of hydrogen-bond acceptors (Lipinski definition) is 2. The molecule has 2 aromatic rings. The van der Waals surface area contributed by atoms with Crippen LogP contribution in [0.25, 0.3) is 0 Å². The third-order valence-corrected chi connectivity index (χ3v) is 5.76. The molecule has 0 fully saturated rings. The molecule has 2 aromatic carbocycles. The van der Waals surface area contributed by atoms with Crippen LogP contribution in [0.5, 0.6) is 0 Å². The van der Waals surface area contributed by atoms with Crippen molar-refractivity contribution >= 4 is 52.8 Å². The molecule has 114 valence electrons. The molecule has 0 radical (unpaired) electrons. The van der Waals surface area contributed by atoms with Crippen LogP contribution < -0.4 is 0 Å². The first-order valence-corrected chi connectivity index (χ1v) is 9.14. The van der Waals surface area contributed by atoms with Gasteiger partial charge in [0.2, 0.25) is 7.58 Å². The molecule has 0 aliphatic heterocycles. The molecule has 0 aliphatic rings. The van der Waals surface area contributed by atoms with Crippen LogP contribution in [0.4, 0.5) is 0 Å². The summed E-state index contributed by atoms with van der Waals surface area (Å²) in [6, 6.07) is 19.4. The van der Waals surface area contributed by atoms with Gasteiger partial charge in [0.15, 0.2) is 0 Å². The summed E-state index contributed by atoms with van der Waals surface area (Å²) >= 11 is 3.53. The Bertz CT molecular complexity index is 639. The van der Waals surface area contributed by atoms with Crippen molar-refractivity contribution in [2.24, 2.45) is 0 Å². The molecule has 2 nitrogen and oxygen atoms in total. The van der Waals surface area contributed by atoms with E-state index >= 15 is 0 Å². The molecule has 0 saturated heterocycles. The highest BCUT2D eigenvalue weighted by Crippen LogP contribution is 2.40. The predicted molar refractivity (Wildman–Crippen MR) is 106 cm³/mol. The van der Waals surface area contributed by atoms with Gasteiger partial charge >= 0.3 is 0 Å². The van der Waals surface area contributed by atoms with Gasteiger partial charge in [-0.2, -0.15) is 0 Å². The van der Waals surface area contributed by atoms with Gasteiger partial charge in [0.1, 0.15) is 5.41 Å². The lowest BCUT2D eigenvalue weighted by molar-refractivity contribution is -0.124. The number of benzene rings is 2. The summed E-state index contributed by atoms with van der Waals surface area (Å²) in [6.45, 7) is 2.06. The van der Waals surface area contributed by atoms with Crippen molar-refractivity contribution in [3.63, 3.8) is 0 Å². The second kappa shape index (κ2) is 7.68. The van der Waals surface area contributed by atoms with Crippen LogP contribution in [-0.4, -0.2) is 7.58 Å². The number of halogens is 2. The van der Waals surface area contributed by atoms with Crippen LogP contribution in [-0.2, 0) is 15.0 Å². The van der Waals surface area contributed by atoms with E-state index in [0.717, 1.165) is 11.1 Å². The van der Waals surface area contributed by atoms with E-state index in [4.69, 9.17) is 0 Å². The Morgan fingerprint density at radius 2 is 1.36 bits per heavy atom. The first-order valence-electron chi connectivity index (χ1n) is 6.99. The van der Waals surface area contributed by atoms with Gasteiger partial charge in [-0.3, -0.25) is 9.59 Å². The second-order valence-corrected chi connectivity index (χ2v) is 7.29. The van der Waals surface area contributed by atoms with Crippen LogP contribution in [0.2, 0.25) is 0 Å². The van der Waals surface area contributed by atoms with E-state index in [0.29, 0.717) is 6.42 Å². The third kappa shape index (κ3) is 3.59. The quantitative estimate of drug-likeness (QED) is 0.305. The first-order chi connectivity index (χ1) is 10.5. The second-order valence-electron chi connectivity index (χ2n) is 5.33. The van der Waals surface area contributed by atoms with Gasteiger partial charge in [0.05, 0.1) is 0 Å². The van der Waals surface area contributed by atoms with Gasteiger partial charge in [-0.05, 0) is 23.5 Å². The van der Waals surface area contributed by atoms with E-state index in [1.54, 1.807) is 45.2 Å². The van der Waals surface area contributed by atoms with Crippen LogP contribution in [0, 0.1) is 0 Å². The van der Waals surface area contributed by atoms with E-state index in [9.17, 15) is 9.59 Å². The number of rotatable bonds is 6. The van der Waals surface area contributed by atoms with E-state index in [1.165, 1.54) is 0 Å². The maximum Gasteiger partial charge on any atom is 0.211 e. The fourth-order valence-electron chi connectivity index (χ4n) is 2.66. The molecular formula is C18H16I2O2. The van der Waals surface area contributed by atoms with E-state index in [-0.39, 0.29) is 13.5 Å². The minimum Gasteiger partial charge on any atom is -0.286 e.